The lowest BCUT2D eigenvalue weighted by Crippen LogP contribution is -2.33. The van der Waals surface area contributed by atoms with E-state index < -0.39 is 0 Å². The topological polar surface area (TPSA) is 79.8 Å². The molecule has 1 unspecified atom stereocenters. The van der Waals surface area contributed by atoms with Gasteiger partial charge in [-0.05, 0) is 42.9 Å². The van der Waals surface area contributed by atoms with E-state index in [1.54, 1.807) is 25.3 Å². The van der Waals surface area contributed by atoms with Crippen LogP contribution < -0.4 is 20.1 Å². The summed E-state index contributed by atoms with van der Waals surface area (Å²) in [6.07, 6.45) is 2.48. The van der Waals surface area contributed by atoms with E-state index in [2.05, 4.69) is 24.5 Å². The lowest BCUT2D eigenvalue weighted by atomic mass is 10.0. The van der Waals surface area contributed by atoms with Crippen LogP contribution in [-0.2, 0) is 0 Å². The summed E-state index contributed by atoms with van der Waals surface area (Å²) < 4.78 is 11.2. The summed E-state index contributed by atoms with van der Waals surface area (Å²) in [6, 6.07) is 14.3. The van der Waals surface area contributed by atoms with Gasteiger partial charge in [-0.25, -0.2) is 4.79 Å². The number of anilines is 1. The lowest BCUT2D eigenvalue weighted by molar-refractivity contribution is 0.239. The van der Waals surface area contributed by atoms with E-state index in [-0.39, 0.29) is 18.7 Å². The maximum atomic E-state index is 12.5. The Morgan fingerprint density at radius 1 is 1.07 bits per heavy atom. The minimum absolute atomic E-state index is 0.0171. The maximum absolute atomic E-state index is 12.5. The molecule has 0 saturated heterocycles. The van der Waals surface area contributed by atoms with Gasteiger partial charge in [-0.3, -0.25) is 0 Å². The van der Waals surface area contributed by atoms with Crippen molar-refractivity contribution in [3.05, 3.63) is 54.1 Å². The van der Waals surface area contributed by atoms with Crippen molar-refractivity contribution in [2.45, 2.75) is 39.2 Å². The highest BCUT2D eigenvalue weighted by atomic mass is 16.5. The molecule has 0 aliphatic carbocycles. The fraction of sp³-hybridized carbons (Fsp3) is 0.435. The fourth-order valence-corrected chi connectivity index (χ4v) is 3.00. The van der Waals surface area contributed by atoms with E-state index in [1.807, 2.05) is 30.3 Å². The molecule has 6 nitrogen and oxygen atoms in total. The van der Waals surface area contributed by atoms with Crippen LogP contribution in [0.2, 0.25) is 0 Å². The number of methoxy groups -OCH3 is 1. The molecule has 2 amide bonds. The Hall–Kier alpha value is -2.73. The molecule has 0 radical (unpaired) electrons. The zero-order valence-electron chi connectivity index (χ0n) is 17.5. The zero-order chi connectivity index (χ0) is 21.1. The average Bonchev–Trinajstić information content (AvgIpc) is 2.71. The Bertz CT molecular complexity index is 750. The van der Waals surface area contributed by atoms with Gasteiger partial charge in [0.15, 0.2) is 11.5 Å². The molecule has 2 rings (SSSR count). The van der Waals surface area contributed by atoms with Gasteiger partial charge in [0.2, 0.25) is 0 Å². The number of urea groups is 1. The Morgan fingerprint density at radius 2 is 1.83 bits per heavy atom. The molecule has 0 heterocycles. The number of ether oxygens (including phenoxy) is 2. The number of amides is 2. The van der Waals surface area contributed by atoms with Crippen LogP contribution in [0, 0.1) is 5.92 Å². The summed E-state index contributed by atoms with van der Waals surface area (Å²) in [4.78, 5) is 12.5. The number of aliphatic hydroxyl groups excluding tert-OH is 1. The fourth-order valence-electron chi connectivity index (χ4n) is 3.00. The van der Waals surface area contributed by atoms with E-state index in [0.29, 0.717) is 36.1 Å². The number of nitrogens with one attached hydrogen (secondary N) is 2. The quantitative estimate of drug-likeness (QED) is 0.475. The third-order valence-electron chi connectivity index (χ3n) is 4.53. The molecule has 0 saturated carbocycles. The normalized spacial score (nSPS) is 11.8. The lowest BCUT2D eigenvalue weighted by Gasteiger charge is -2.19. The molecule has 158 valence electrons. The van der Waals surface area contributed by atoms with Crippen LogP contribution in [0.3, 0.4) is 0 Å². The number of rotatable bonds is 11. The summed E-state index contributed by atoms with van der Waals surface area (Å²) in [5.74, 6) is 1.86. The highest BCUT2D eigenvalue weighted by molar-refractivity contribution is 5.90. The second-order valence-corrected chi connectivity index (χ2v) is 7.32. The Morgan fingerprint density at radius 3 is 2.48 bits per heavy atom. The van der Waals surface area contributed by atoms with E-state index in [9.17, 15) is 9.90 Å². The van der Waals surface area contributed by atoms with Crippen LogP contribution in [0.25, 0.3) is 0 Å². The predicted octanol–water partition coefficient (Wildman–Crippen LogP) is 4.76. The third kappa shape index (κ3) is 7.66. The summed E-state index contributed by atoms with van der Waals surface area (Å²) >= 11 is 0. The van der Waals surface area contributed by atoms with Crippen LogP contribution in [0.5, 0.6) is 11.5 Å². The van der Waals surface area contributed by atoms with E-state index in [4.69, 9.17) is 9.47 Å². The molecule has 2 aromatic rings. The SMILES string of the molecule is COc1ccc(NC(=O)NC(CCO)c2ccccc2)cc1OCCCC(C)C. The second kappa shape index (κ2) is 12.0. The average molecular weight is 401 g/mol. The number of benzene rings is 2. The first kappa shape index (κ1) is 22.6. The largest absolute Gasteiger partial charge is 0.493 e. The van der Waals surface area contributed by atoms with Crippen molar-refractivity contribution >= 4 is 11.7 Å². The zero-order valence-corrected chi connectivity index (χ0v) is 17.5. The molecule has 0 aliphatic rings. The molecule has 3 N–H and O–H groups in total. The monoisotopic (exact) mass is 400 g/mol. The summed E-state index contributed by atoms with van der Waals surface area (Å²) in [5.41, 5.74) is 1.55. The van der Waals surface area contributed by atoms with Crippen molar-refractivity contribution in [1.29, 1.82) is 0 Å². The van der Waals surface area contributed by atoms with Gasteiger partial charge in [-0.2, -0.15) is 0 Å². The van der Waals surface area contributed by atoms with Crippen molar-refractivity contribution in [2.75, 3.05) is 25.6 Å². The molecule has 1 atom stereocenters. The Labute approximate surface area is 173 Å². The minimum Gasteiger partial charge on any atom is -0.493 e. The molecule has 2 aromatic carbocycles. The second-order valence-electron chi connectivity index (χ2n) is 7.32. The van der Waals surface area contributed by atoms with Crippen LogP contribution in [0.15, 0.2) is 48.5 Å². The van der Waals surface area contributed by atoms with Gasteiger partial charge in [-0.15, -0.1) is 0 Å². The molecule has 0 spiro atoms. The highest BCUT2D eigenvalue weighted by Gasteiger charge is 2.15. The van der Waals surface area contributed by atoms with Crippen molar-refractivity contribution in [3.63, 3.8) is 0 Å². The number of carbonyl (C=O) groups is 1. The van der Waals surface area contributed by atoms with Gasteiger partial charge >= 0.3 is 6.03 Å². The Balaban J connectivity index is 2.00. The number of hydrogen-bond donors (Lipinski definition) is 3. The third-order valence-corrected chi connectivity index (χ3v) is 4.53. The number of aliphatic hydroxyl groups is 1. The standard InChI is InChI=1S/C23H32N2O4/c1-17(2)8-7-15-29-22-16-19(11-12-21(22)28-3)24-23(27)25-20(13-14-26)18-9-5-4-6-10-18/h4-6,9-12,16-17,20,26H,7-8,13-15H2,1-3H3,(H2,24,25,27). The highest BCUT2D eigenvalue weighted by Crippen LogP contribution is 2.30. The molecule has 0 fully saturated rings. The van der Waals surface area contributed by atoms with Gasteiger partial charge in [-0.1, -0.05) is 44.2 Å². The molecule has 0 aliphatic heterocycles. The van der Waals surface area contributed by atoms with Gasteiger partial charge in [0, 0.05) is 18.4 Å². The van der Waals surface area contributed by atoms with Crippen LogP contribution in [0.1, 0.15) is 44.7 Å². The summed E-state index contributed by atoms with van der Waals surface area (Å²) in [7, 11) is 1.59. The smallest absolute Gasteiger partial charge is 0.319 e. The minimum atomic E-state index is -0.344. The van der Waals surface area contributed by atoms with Gasteiger partial charge in [0.05, 0.1) is 19.8 Å². The first-order chi connectivity index (χ1) is 14.0. The van der Waals surface area contributed by atoms with E-state index in [1.165, 1.54) is 0 Å². The van der Waals surface area contributed by atoms with Crippen molar-refractivity contribution in [1.82, 2.24) is 5.32 Å². The molecular weight excluding hydrogens is 368 g/mol. The summed E-state index contributed by atoms with van der Waals surface area (Å²) in [6.45, 7) is 4.94. The van der Waals surface area contributed by atoms with Crippen molar-refractivity contribution < 1.29 is 19.4 Å². The van der Waals surface area contributed by atoms with Gasteiger partial charge in [0.1, 0.15) is 0 Å². The Kier molecular flexibility index (Phi) is 9.31. The predicted molar refractivity (Wildman–Crippen MR) is 116 cm³/mol. The van der Waals surface area contributed by atoms with Crippen LogP contribution in [0.4, 0.5) is 10.5 Å². The van der Waals surface area contributed by atoms with E-state index in [0.717, 1.165) is 18.4 Å². The summed E-state index contributed by atoms with van der Waals surface area (Å²) in [5, 5.41) is 15.1. The molecule has 0 bridgehead atoms. The van der Waals surface area contributed by atoms with E-state index >= 15 is 0 Å². The van der Waals surface area contributed by atoms with Crippen LogP contribution >= 0.6 is 0 Å². The molecular formula is C23H32N2O4. The number of hydrogen-bond acceptors (Lipinski definition) is 4. The van der Waals surface area contributed by atoms with Crippen molar-refractivity contribution in [2.24, 2.45) is 5.92 Å². The first-order valence-corrected chi connectivity index (χ1v) is 10.1. The van der Waals surface area contributed by atoms with Crippen molar-refractivity contribution in [3.8, 4) is 11.5 Å². The molecule has 6 heteroatoms. The maximum Gasteiger partial charge on any atom is 0.319 e. The number of carbonyl (C=O) groups excluding carboxylic acids is 1. The van der Waals surface area contributed by atoms with Gasteiger partial charge in [0.25, 0.3) is 0 Å². The van der Waals surface area contributed by atoms with Crippen LogP contribution in [-0.4, -0.2) is 31.5 Å². The first-order valence-electron chi connectivity index (χ1n) is 10.1. The molecule has 29 heavy (non-hydrogen) atoms. The van der Waals surface area contributed by atoms with Gasteiger partial charge < -0.3 is 25.2 Å². The molecule has 0 aromatic heterocycles.